The minimum absolute atomic E-state index is 0.322. The summed E-state index contributed by atoms with van der Waals surface area (Å²) in [6.45, 7) is 3.99. The Bertz CT molecular complexity index is 742. The molecule has 0 spiro atoms. The van der Waals surface area contributed by atoms with Crippen LogP contribution in [0.25, 0.3) is 10.9 Å². The standard InChI is InChI=1S/C15H16F2N4O/c1-9(20-14(22)15(3,16)17)10(2)21-13-5-4-11(7-18)6-12(13)8-19-21/h4-6,8-10H,1-3H3,(H,20,22)/t9-,10+/m0/s1. The summed E-state index contributed by atoms with van der Waals surface area (Å²) in [4.78, 5) is 11.4. The summed E-state index contributed by atoms with van der Waals surface area (Å²) in [6, 6.07) is 6.31. The van der Waals surface area contributed by atoms with Crippen LogP contribution in [0.5, 0.6) is 0 Å². The number of fused-ring (bicyclic) bond motifs is 1. The fraction of sp³-hybridized carbons (Fsp3) is 0.400. The molecule has 1 aromatic carbocycles. The Balaban J connectivity index is 2.24. The largest absolute Gasteiger partial charge is 0.346 e. The van der Waals surface area contributed by atoms with Gasteiger partial charge in [0.15, 0.2) is 0 Å². The van der Waals surface area contributed by atoms with Crippen molar-refractivity contribution in [2.24, 2.45) is 0 Å². The first-order chi connectivity index (χ1) is 10.2. The monoisotopic (exact) mass is 306 g/mol. The van der Waals surface area contributed by atoms with Gasteiger partial charge in [-0.15, -0.1) is 0 Å². The van der Waals surface area contributed by atoms with Gasteiger partial charge in [0.1, 0.15) is 0 Å². The maximum absolute atomic E-state index is 13.0. The molecule has 0 fully saturated rings. The zero-order valence-electron chi connectivity index (χ0n) is 12.5. The van der Waals surface area contributed by atoms with E-state index in [1.54, 1.807) is 42.9 Å². The van der Waals surface area contributed by atoms with Crippen LogP contribution in [-0.2, 0) is 4.79 Å². The molecule has 1 N–H and O–H groups in total. The average Bonchev–Trinajstić information content (AvgIpc) is 2.87. The van der Waals surface area contributed by atoms with Crippen LogP contribution in [0.1, 0.15) is 32.4 Å². The highest BCUT2D eigenvalue weighted by atomic mass is 19.3. The van der Waals surface area contributed by atoms with Crippen LogP contribution >= 0.6 is 0 Å². The third kappa shape index (κ3) is 3.06. The molecule has 0 unspecified atom stereocenters. The second-order valence-electron chi connectivity index (χ2n) is 5.37. The lowest BCUT2D eigenvalue weighted by Gasteiger charge is -2.24. The van der Waals surface area contributed by atoms with Crippen molar-refractivity contribution < 1.29 is 13.6 Å². The third-order valence-corrected chi connectivity index (χ3v) is 3.59. The van der Waals surface area contributed by atoms with Gasteiger partial charge in [-0.3, -0.25) is 9.48 Å². The predicted octanol–water partition coefficient (Wildman–Crippen LogP) is 2.63. The summed E-state index contributed by atoms with van der Waals surface area (Å²) in [5, 5.41) is 16.2. The first-order valence-electron chi connectivity index (χ1n) is 6.80. The molecule has 0 aliphatic rings. The van der Waals surface area contributed by atoms with E-state index < -0.39 is 17.9 Å². The van der Waals surface area contributed by atoms with E-state index in [0.29, 0.717) is 12.5 Å². The summed E-state index contributed by atoms with van der Waals surface area (Å²) < 4.78 is 27.6. The van der Waals surface area contributed by atoms with Gasteiger partial charge < -0.3 is 5.32 Å². The lowest BCUT2D eigenvalue weighted by Crippen LogP contribution is -2.45. The van der Waals surface area contributed by atoms with E-state index in [-0.39, 0.29) is 6.04 Å². The molecule has 1 amide bonds. The molecule has 0 saturated carbocycles. The smallest absolute Gasteiger partial charge is 0.321 e. The number of benzene rings is 1. The van der Waals surface area contributed by atoms with E-state index >= 15 is 0 Å². The Morgan fingerprint density at radius 1 is 1.45 bits per heavy atom. The molecule has 0 saturated heterocycles. The van der Waals surface area contributed by atoms with Crippen molar-refractivity contribution in [3.8, 4) is 6.07 Å². The molecule has 0 radical (unpaired) electrons. The number of alkyl halides is 2. The van der Waals surface area contributed by atoms with Gasteiger partial charge in [0.05, 0.1) is 29.4 Å². The Kier molecular flexibility index (Phi) is 4.13. The number of hydrogen-bond donors (Lipinski definition) is 1. The molecule has 5 nitrogen and oxygen atoms in total. The second-order valence-corrected chi connectivity index (χ2v) is 5.37. The van der Waals surface area contributed by atoms with Crippen molar-refractivity contribution in [1.29, 1.82) is 5.26 Å². The molecule has 7 heteroatoms. The van der Waals surface area contributed by atoms with E-state index in [0.717, 1.165) is 10.9 Å². The molecule has 0 bridgehead atoms. The van der Waals surface area contributed by atoms with Crippen LogP contribution in [0.15, 0.2) is 24.4 Å². The van der Waals surface area contributed by atoms with Gasteiger partial charge in [0.25, 0.3) is 5.91 Å². The van der Waals surface area contributed by atoms with Crippen molar-refractivity contribution in [2.75, 3.05) is 0 Å². The van der Waals surface area contributed by atoms with Gasteiger partial charge in [0.2, 0.25) is 0 Å². The molecule has 0 aliphatic carbocycles. The number of nitriles is 1. The SMILES string of the molecule is C[C@H](NC(=O)C(C)(F)F)[C@@H](C)n1ncc2cc(C#N)ccc21. The van der Waals surface area contributed by atoms with Crippen molar-refractivity contribution in [1.82, 2.24) is 15.1 Å². The van der Waals surface area contributed by atoms with Crippen molar-refractivity contribution in [2.45, 2.75) is 38.8 Å². The lowest BCUT2D eigenvalue weighted by atomic mass is 10.1. The molecule has 1 aromatic heterocycles. The number of halogens is 2. The minimum Gasteiger partial charge on any atom is -0.346 e. The van der Waals surface area contributed by atoms with E-state index in [4.69, 9.17) is 5.26 Å². The summed E-state index contributed by atoms with van der Waals surface area (Å²) in [7, 11) is 0. The summed E-state index contributed by atoms with van der Waals surface area (Å²) in [5.41, 5.74) is 1.29. The molecular weight excluding hydrogens is 290 g/mol. The summed E-state index contributed by atoms with van der Waals surface area (Å²) in [5.74, 6) is -4.72. The molecule has 2 atom stereocenters. The zero-order valence-corrected chi connectivity index (χ0v) is 12.5. The fourth-order valence-corrected chi connectivity index (χ4v) is 2.11. The number of nitrogens with one attached hydrogen (secondary N) is 1. The van der Waals surface area contributed by atoms with E-state index in [1.807, 2.05) is 6.07 Å². The van der Waals surface area contributed by atoms with Gasteiger partial charge in [-0.1, -0.05) is 0 Å². The topological polar surface area (TPSA) is 70.7 Å². The van der Waals surface area contributed by atoms with E-state index in [2.05, 4.69) is 10.4 Å². The van der Waals surface area contributed by atoms with Crippen LogP contribution in [-0.4, -0.2) is 27.7 Å². The zero-order chi connectivity index (χ0) is 16.5. The number of carbonyl (C=O) groups is 1. The first kappa shape index (κ1) is 15.9. The number of amides is 1. The highest BCUT2D eigenvalue weighted by Gasteiger charge is 2.34. The van der Waals surface area contributed by atoms with Crippen molar-refractivity contribution in [3.05, 3.63) is 30.0 Å². The minimum atomic E-state index is -3.41. The quantitative estimate of drug-likeness (QED) is 0.944. The van der Waals surface area contributed by atoms with Crippen molar-refractivity contribution >= 4 is 16.8 Å². The Labute approximate surface area is 126 Å². The summed E-state index contributed by atoms with van der Waals surface area (Å²) >= 11 is 0. The van der Waals surface area contributed by atoms with Gasteiger partial charge in [-0.2, -0.15) is 19.1 Å². The number of rotatable bonds is 4. The Hall–Kier alpha value is -2.49. The number of carbonyl (C=O) groups excluding carboxylic acids is 1. The van der Waals surface area contributed by atoms with Crippen LogP contribution in [0, 0.1) is 11.3 Å². The fourth-order valence-electron chi connectivity index (χ4n) is 2.11. The van der Waals surface area contributed by atoms with Crippen LogP contribution in [0.2, 0.25) is 0 Å². The number of nitrogens with zero attached hydrogens (tertiary/aromatic N) is 3. The summed E-state index contributed by atoms with van der Waals surface area (Å²) in [6.07, 6.45) is 1.61. The second kappa shape index (κ2) is 5.72. The maximum atomic E-state index is 13.0. The predicted molar refractivity (Wildman–Crippen MR) is 77.4 cm³/mol. The Morgan fingerprint density at radius 3 is 2.73 bits per heavy atom. The normalized spacial score (nSPS) is 14.4. The van der Waals surface area contributed by atoms with E-state index in [9.17, 15) is 13.6 Å². The number of hydrogen-bond acceptors (Lipinski definition) is 3. The van der Waals surface area contributed by atoms with Crippen molar-refractivity contribution in [3.63, 3.8) is 0 Å². The molecule has 0 aliphatic heterocycles. The molecular formula is C15H16F2N4O. The van der Waals surface area contributed by atoms with Gasteiger partial charge in [-0.05, 0) is 32.0 Å². The lowest BCUT2D eigenvalue weighted by molar-refractivity contribution is -0.144. The Morgan fingerprint density at radius 2 is 2.14 bits per heavy atom. The third-order valence-electron chi connectivity index (χ3n) is 3.59. The van der Waals surface area contributed by atoms with E-state index in [1.165, 1.54) is 0 Å². The first-order valence-corrected chi connectivity index (χ1v) is 6.80. The molecule has 2 aromatic rings. The van der Waals surface area contributed by atoms with Gasteiger partial charge >= 0.3 is 5.92 Å². The van der Waals surface area contributed by atoms with Gasteiger partial charge in [-0.25, -0.2) is 0 Å². The molecule has 22 heavy (non-hydrogen) atoms. The highest BCUT2D eigenvalue weighted by molar-refractivity contribution is 5.83. The molecule has 1 heterocycles. The van der Waals surface area contributed by atoms with Crippen LogP contribution in [0.3, 0.4) is 0 Å². The highest BCUT2D eigenvalue weighted by Crippen LogP contribution is 2.21. The number of aromatic nitrogens is 2. The molecule has 116 valence electrons. The maximum Gasteiger partial charge on any atom is 0.321 e. The van der Waals surface area contributed by atoms with Crippen LogP contribution in [0.4, 0.5) is 8.78 Å². The molecule has 2 rings (SSSR count). The van der Waals surface area contributed by atoms with Crippen LogP contribution < -0.4 is 5.32 Å². The average molecular weight is 306 g/mol. The van der Waals surface area contributed by atoms with Gasteiger partial charge in [0, 0.05) is 18.4 Å².